The van der Waals surface area contributed by atoms with Crippen LogP contribution >= 0.6 is 0 Å². The number of pyridine rings is 1. The Hall–Kier alpha value is -2.25. The number of aromatic nitrogens is 3. The fourth-order valence-corrected chi connectivity index (χ4v) is 15.7. The Morgan fingerprint density at radius 1 is 0.870 bits per heavy atom. The van der Waals surface area contributed by atoms with Crippen molar-refractivity contribution in [3.63, 3.8) is 0 Å². The fourth-order valence-electron chi connectivity index (χ4n) is 15.7. The first-order valence-corrected chi connectivity index (χ1v) is 22.2. The lowest BCUT2D eigenvalue weighted by Crippen LogP contribution is -2.67. The number of hydrogen-bond donors (Lipinski definition) is 1. The number of rotatable bonds is 7. The Labute approximate surface area is 326 Å². The number of carbonyl (C=O) groups excluding carboxylic acids is 1. The number of aliphatic hydroxyl groups is 1. The second-order valence-electron chi connectivity index (χ2n) is 21.9. The SMILES string of the molecule is CN(C)CCn1cc(-c2cccnc2)nc1[C@@H]1CCCN1C(=O)[C@]12CCC(C3(C)CC3)C1[C@H]1CCC3[C@@]4(C)CC[C@H](O)C(C)(C)C4CC[C@@]3(C)[C@]1(C)CC2. The van der Waals surface area contributed by atoms with Gasteiger partial charge in [0, 0.05) is 43.8 Å². The second-order valence-corrected chi connectivity index (χ2v) is 21.9. The third-order valence-electron chi connectivity index (χ3n) is 19.1. The van der Waals surface area contributed by atoms with E-state index >= 15 is 4.79 Å². The van der Waals surface area contributed by atoms with Gasteiger partial charge in [-0.3, -0.25) is 9.78 Å². The van der Waals surface area contributed by atoms with Gasteiger partial charge in [-0.2, -0.15) is 0 Å². The maximum Gasteiger partial charge on any atom is 0.229 e. The van der Waals surface area contributed by atoms with E-state index in [-0.39, 0.29) is 39.2 Å². The first kappa shape index (κ1) is 37.3. The maximum absolute atomic E-state index is 15.9. The first-order chi connectivity index (χ1) is 25.6. The van der Waals surface area contributed by atoms with Crippen LogP contribution in [0, 0.1) is 62.1 Å². The van der Waals surface area contributed by atoms with Crippen molar-refractivity contribution in [2.75, 3.05) is 27.2 Å². The van der Waals surface area contributed by atoms with E-state index in [1.807, 2.05) is 18.5 Å². The standard InChI is InChI=1S/C47H71N5O2/c1-42(2)36-16-19-46(6)37(44(36,4)18-17-38(42)53)14-13-33-39-32(43(3)21-22-43)15-20-47(39,24-23-45(33,46)5)41(54)52-26-10-12-35(52)40-49-34(31-11-9-25-48-29-31)30-51(40)28-27-50(7)8/h9,11,25,29-30,32-33,35-39,53H,10,12-24,26-28H2,1-8H3/t32?,33-,35+,36?,37?,38+,39?,44+,45-,46-,47+/m1/s1. The minimum absolute atomic E-state index is 0.0243. The van der Waals surface area contributed by atoms with Gasteiger partial charge in [0.05, 0.1) is 23.3 Å². The Morgan fingerprint density at radius 3 is 2.39 bits per heavy atom. The summed E-state index contributed by atoms with van der Waals surface area (Å²) in [7, 11) is 4.27. The Morgan fingerprint density at radius 2 is 1.67 bits per heavy atom. The molecule has 54 heavy (non-hydrogen) atoms. The summed E-state index contributed by atoms with van der Waals surface area (Å²) in [5.74, 6) is 4.56. The van der Waals surface area contributed by atoms with E-state index in [0.29, 0.717) is 40.9 Å². The van der Waals surface area contributed by atoms with E-state index in [2.05, 4.69) is 87.3 Å². The van der Waals surface area contributed by atoms with Crippen molar-refractivity contribution in [1.29, 1.82) is 0 Å². The highest BCUT2D eigenvalue weighted by atomic mass is 16.3. The van der Waals surface area contributed by atoms with Crippen LogP contribution in [0.5, 0.6) is 0 Å². The number of imidazole rings is 1. The lowest BCUT2D eigenvalue weighted by Gasteiger charge is -2.73. The summed E-state index contributed by atoms with van der Waals surface area (Å²) in [6, 6.07) is 4.12. The van der Waals surface area contributed by atoms with Crippen molar-refractivity contribution in [3.8, 4) is 11.3 Å². The van der Waals surface area contributed by atoms with Crippen LogP contribution in [0.15, 0.2) is 30.7 Å². The molecule has 7 heteroatoms. The molecule has 7 nitrogen and oxygen atoms in total. The number of likely N-dealkylation sites (N-methyl/N-ethyl adjacent to an activating group) is 1. The molecule has 0 spiro atoms. The molecule has 0 bridgehead atoms. The fraction of sp³-hybridized carbons (Fsp3) is 0.809. The predicted molar refractivity (Wildman–Crippen MR) is 215 cm³/mol. The van der Waals surface area contributed by atoms with Crippen LogP contribution < -0.4 is 0 Å². The third kappa shape index (κ3) is 5.20. The molecule has 11 atom stereocenters. The lowest BCUT2D eigenvalue weighted by atomic mass is 9.32. The molecule has 2 aromatic rings. The summed E-state index contributed by atoms with van der Waals surface area (Å²) in [6.07, 6.45) is 22.2. The summed E-state index contributed by atoms with van der Waals surface area (Å²) in [6.45, 7) is 18.1. The molecule has 9 rings (SSSR count). The van der Waals surface area contributed by atoms with E-state index in [0.717, 1.165) is 68.8 Å². The zero-order valence-electron chi connectivity index (χ0n) is 35.0. The van der Waals surface area contributed by atoms with Crippen LogP contribution in [0.25, 0.3) is 11.3 Å². The number of amides is 1. The van der Waals surface area contributed by atoms with Crippen molar-refractivity contribution in [1.82, 2.24) is 24.3 Å². The van der Waals surface area contributed by atoms with Gasteiger partial charge in [-0.05, 0) is 173 Å². The Balaban J connectivity index is 1.07. The molecule has 1 N–H and O–H groups in total. The van der Waals surface area contributed by atoms with Gasteiger partial charge in [0.1, 0.15) is 5.82 Å². The molecule has 1 amide bonds. The van der Waals surface area contributed by atoms with E-state index in [9.17, 15) is 5.11 Å². The van der Waals surface area contributed by atoms with Crippen molar-refractivity contribution in [3.05, 3.63) is 36.5 Å². The molecule has 7 fully saturated rings. The Bertz CT molecular complexity index is 1750. The highest BCUT2D eigenvalue weighted by molar-refractivity contribution is 5.84. The number of likely N-dealkylation sites (tertiary alicyclic amines) is 1. The zero-order chi connectivity index (χ0) is 38.1. The summed E-state index contributed by atoms with van der Waals surface area (Å²) < 4.78 is 2.36. The van der Waals surface area contributed by atoms with E-state index in [1.54, 1.807) is 0 Å². The molecule has 0 radical (unpaired) electrons. The molecule has 4 unspecified atom stereocenters. The van der Waals surface area contributed by atoms with E-state index < -0.39 is 0 Å². The van der Waals surface area contributed by atoms with Crippen molar-refractivity contribution >= 4 is 5.91 Å². The van der Waals surface area contributed by atoms with Crippen molar-refractivity contribution < 1.29 is 9.90 Å². The number of carbonyl (C=O) groups is 1. The van der Waals surface area contributed by atoms with Crippen molar-refractivity contribution in [2.45, 2.75) is 150 Å². The molecule has 6 saturated carbocycles. The maximum atomic E-state index is 15.9. The smallest absolute Gasteiger partial charge is 0.229 e. The third-order valence-corrected chi connectivity index (χ3v) is 19.1. The molecule has 296 valence electrons. The number of hydrogen-bond acceptors (Lipinski definition) is 5. The van der Waals surface area contributed by atoms with Crippen LogP contribution in [0.4, 0.5) is 0 Å². The monoisotopic (exact) mass is 738 g/mol. The van der Waals surface area contributed by atoms with Gasteiger partial charge < -0.3 is 19.5 Å². The van der Waals surface area contributed by atoms with Gasteiger partial charge >= 0.3 is 0 Å². The summed E-state index contributed by atoms with van der Waals surface area (Å²) >= 11 is 0. The van der Waals surface area contributed by atoms with Crippen molar-refractivity contribution in [2.24, 2.45) is 62.1 Å². The molecule has 0 aromatic carbocycles. The quantitative estimate of drug-likeness (QED) is 0.307. The second kappa shape index (κ2) is 12.6. The summed E-state index contributed by atoms with van der Waals surface area (Å²) in [5.41, 5.74) is 2.91. The van der Waals surface area contributed by atoms with E-state index in [1.165, 1.54) is 57.8 Å². The average molecular weight is 738 g/mol. The van der Waals surface area contributed by atoms with Crippen LogP contribution in [0.1, 0.15) is 143 Å². The molecule has 1 saturated heterocycles. The highest BCUT2D eigenvalue weighted by Crippen LogP contribution is 2.79. The predicted octanol–water partition coefficient (Wildman–Crippen LogP) is 9.41. The number of nitrogens with zero attached hydrogens (tertiary/aromatic N) is 5. The van der Waals surface area contributed by atoms with Crippen LogP contribution in [0.2, 0.25) is 0 Å². The lowest BCUT2D eigenvalue weighted by molar-refractivity contribution is -0.249. The summed E-state index contributed by atoms with van der Waals surface area (Å²) in [5, 5.41) is 11.2. The minimum Gasteiger partial charge on any atom is -0.393 e. The van der Waals surface area contributed by atoms with Gasteiger partial charge in [0.2, 0.25) is 5.91 Å². The van der Waals surface area contributed by atoms with Gasteiger partial charge in [0.25, 0.3) is 0 Å². The molecule has 1 aliphatic heterocycles. The van der Waals surface area contributed by atoms with E-state index in [4.69, 9.17) is 4.98 Å². The zero-order valence-corrected chi connectivity index (χ0v) is 35.0. The summed E-state index contributed by atoms with van der Waals surface area (Å²) in [4.78, 5) is 30.2. The molecule has 3 heterocycles. The molecule has 2 aromatic heterocycles. The largest absolute Gasteiger partial charge is 0.393 e. The highest BCUT2D eigenvalue weighted by Gasteiger charge is 2.73. The van der Waals surface area contributed by atoms with Crippen LogP contribution in [0.3, 0.4) is 0 Å². The van der Waals surface area contributed by atoms with Gasteiger partial charge in [-0.1, -0.05) is 41.5 Å². The minimum atomic E-state index is -0.252. The molecular formula is C47H71N5O2. The first-order valence-electron chi connectivity index (χ1n) is 22.2. The van der Waals surface area contributed by atoms with Gasteiger partial charge in [-0.15, -0.1) is 0 Å². The number of aliphatic hydroxyl groups excluding tert-OH is 1. The molecule has 6 aliphatic carbocycles. The Kier molecular flexibility index (Phi) is 8.73. The van der Waals surface area contributed by atoms with Gasteiger partial charge in [0.15, 0.2) is 0 Å². The molecule has 7 aliphatic rings. The van der Waals surface area contributed by atoms with Crippen LogP contribution in [-0.2, 0) is 11.3 Å². The average Bonchev–Trinajstić information content (AvgIpc) is 3.49. The normalized spacial score (nSPS) is 43.3. The number of fused-ring (bicyclic) bond motifs is 7. The topological polar surface area (TPSA) is 74.5 Å². The van der Waals surface area contributed by atoms with Crippen LogP contribution in [-0.4, -0.2) is 68.6 Å². The molecular weight excluding hydrogens is 667 g/mol. The van der Waals surface area contributed by atoms with Gasteiger partial charge in [-0.25, -0.2) is 4.98 Å².